The average Bonchev–Trinajstić information content (AvgIpc) is 2.90. The molecular weight excluding hydrogens is 430 g/mol. The smallest absolute Gasteiger partial charge is 0.330 e. The number of benzene rings is 4. The number of esters is 1. The molecule has 3 heteroatoms. The van der Waals surface area contributed by atoms with Crippen molar-refractivity contribution in [3.8, 4) is 11.1 Å². The van der Waals surface area contributed by atoms with Crippen molar-refractivity contribution in [3.63, 3.8) is 0 Å². The average molecular weight is 462 g/mol. The minimum Gasteiger partial charge on any atom is -0.458 e. The predicted octanol–water partition coefficient (Wildman–Crippen LogP) is 8.31. The normalized spacial score (nSPS) is 10.6. The van der Waals surface area contributed by atoms with Gasteiger partial charge in [0.05, 0.1) is 0 Å². The Morgan fingerprint density at radius 3 is 1.71 bits per heavy atom. The van der Waals surface area contributed by atoms with Crippen LogP contribution < -0.4 is 4.90 Å². The van der Waals surface area contributed by atoms with E-state index in [9.17, 15) is 4.79 Å². The van der Waals surface area contributed by atoms with Gasteiger partial charge in [0, 0.05) is 23.1 Å². The van der Waals surface area contributed by atoms with Crippen molar-refractivity contribution < 1.29 is 9.53 Å². The standard InChI is InChI=1S/C32H31NO2/c1-4-6-25-9-13-27(14-10-25)28-15-21-31(22-16-28)33(29-17-7-24(3)8-18-29)30-19-11-26(12-20-30)23-35-32(34)5-2/h5,7-22H,2,4,6,23H2,1,3H3. The van der Waals surface area contributed by atoms with Crippen LogP contribution in [0.3, 0.4) is 0 Å². The van der Waals surface area contributed by atoms with Crippen LogP contribution in [0, 0.1) is 6.92 Å². The Morgan fingerprint density at radius 1 is 0.743 bits per heavy atom. The summed E-state index contributed by atoms with van der Waals surface area (Å²) in [6, 6.07) is 34.1. The number of nitrogens with zero attached hydrogens (tertiary/aromatic N) is 1. The molecule has 4 rings (SSSR count). The molecule has 0 unspecified atom stereocenters. The van der Waals surface area contributed by atoms with Crippen LogP contribution in [-0.4, -0.2) is 5.97 Å². The molecule has 0 aromatic heterocycles. The van der Waals surface area contributed by atoms with Crippen molar-refractivity contribution >= 4 is 23.0 Å². The lowest BCUT2D eigenvalue weighted by atomic mass is 10.0. The molecule has 0 aliphatic rings. The minimum absolute atomic E-state index is 0.224. The van der Waals surface area contributed by atoms with Crippen molar-refractivity contribution in [1.29, 1.82) is 0 Å². The fourth-order valence-electron chi connectivity index (χ4n) is 4.05. The van der Waals surface area contributed by atoms with Gasteiger partial charge in [-0.1, -0.05) is 86.2 Å². The molecule has 0 N–H and O–H groups in total. The summed E-state index contributed by atoms with van der Waals surface area (Å²) in [5.74, 6) is -0.421. The molecule has 0 atom stereocenters. The van der Waals surface area contributed by atoms with Gasteiger partial charge in [0.15, 0.2) is 0 Å². The van der Waals surface area contributed by atoms with Crippen LogP contribution in [0.2, 0.25) is 0 Å². The maximum Gasteiger partial charge on any atom is 0.330 e. The number of carbonyl (C=O) groups excluding carboxylic acids is 1. The maximum atomic E-state index is 11.4. The van der Waals surface area contributed by atoms with Crippen molar-refractivity contribution in [3.05, 3.63) is 126 Å². The molecule has 4 aromatic carbocycles. The molecule has 0 fully saturated rings. The van der Waals surface area contributed by atoms with Crippen molar-refractivity contribution in [2.45, 2.75) is 33.3 Å². The van der Waals surface area contributed by atoms with Crippen LogP contribution in [0.15, 0.2) is 110 Å². The van der Waals surface area contributed by atoms with Crippen molar-refractivity contribution in [2.75, 3.05) is 4.90 Å². The molecule has 0 aliphatic heterocycles. The maximum absolute atomic E-state index is 11.4. The largest absolute Gasteiger partial charge is 0.458 e. The summed E-state index contributed by atoms with van der Waals surface area (Å²) < 4.78 is 5.17. The van der Waals surface area contributed by atoms with E-state index in [0.717, 1.165) is 35.5 Å². The monoisotopic (exact) mass is 461 g/mol. The Labute approximate surface area is 208 Å². The third kappa shape index (κ3) is 6.07. The molecule has 3 nitrogen and oxygen atoms in total. The van der Waals surface area contributed by atoms with Gasteiger partial charge < -0.3 is 9.64 Å². The van der Waals surface area contributed by atoms with E-state index >= 15 is 0 Å². The zero-order chi connectivity index (χ0) is 24.6. The van der Waals surface area contributed by atoms with Gasteiger partial charge in [0.2, 0.25) is 0 Å². The number of carbonyl (C=O) groups is 1. The summed E-state index contributed by atoms with van der Waals surface area (Å²) in [7, 11) is 0. The molecule has 0 saturated carbocycles. The van der Waals surface area contributed by atoms with E-state index in [0.29, 0.717) is 0 Å². The SMILES string of the molecule is C=CC(=O)OCc1ccc(N(c2ccc(C)cc2)c2ccc(-c3ccc(CCC)cc3)cc2)cc1. The predicted molar refractivity (Wildman–Crippen MR) is 145 cm³/mol. The van der Waals surface area contributed by atoms with Gasteiger partial charge in [-0.05, 0) is 72.0 Å². The Hall–Kier alpha value is -4.11. The highest BCUT2D eigenvalue weighted by Crippen LogP contribution is 2.36. The van der Waals surface area contributed by atoms with Gasteiger partial charge in [-0.25, -0.2) is 4.79 Å². The number of rotatable bonds is 9. The van der Waals surface area contributed by atoms with Gasteiger partial charge in [-0.3, -0.25) is 0 Å². The molecule has 0 amide bonds. The molecule has 0 heterocycles. The van der Waals surface area contributed by atoms with E-state index in [1.165, 1.54) is 28.3 Å². The second kappa shape index (κ2) is 11.3. The van der Waals surface area contributed by atoms with Crippen molar-refractivity contribution in [1.82, 2.24) is 0 Å². The van der Waals surface area contributed by atoms with Crippen LogP contribution >= 0.6 is 0 Å². The Morgan fingerprint density at radius 2 is 1.20 bits per heavy atom. The lowest BCUT2D eigenvalue weighted by Crippen LogP contribution is -2.10. The second-order valence-electron chi connectivity index (χ2n) is 8.64. The first-order chi connectivity index (χ1) is 17.1. The first kappa shape index (κ1) is 24.0. The zero-order valence-corrected chi connectivity index (χ0v) is 20.4. The molecule has 0 bridgehead atoms. The number of anilines is 3. The summed E-state index contributed by atoms with van der Waals surface area (Å²) in [5.41, 5.74) is 9.12. The Balaban J connectivity index is 1.62. The number of aryl methyl sites for hydroxylation is 2. The molecule has 0 aliphatic carbocycles. The molecule has 0 spiro atoms. The van der Waals surface area contributed by atoms with E-state index in [-0.39, 0.29) is 6.61 Å². The van der Waals surface area contributed by atoms with E-state index in [4.69, 9.17) is 4.74 Å². The minimum atomic E-state index is -0.421. The molecule has 0 saturated heterocycles. The molecule has 0 radical (unpaired) electrons. The summed E-state index contributed by atoms with van der Waals surface area (Å²) in [6.07, 6.45) is 3.45. The van der Waals surface area contributed by atoms with Gasteiger partial charge in [0.25, 0.3) is 0 Å². The number of hydrogen-bond acceptors (Lipinski definition) is 3. The van der Waals surface area contributed by atoms with E-state index in [1.54, 1.807) is 0 Å². The van der Waals surface area contributed by atoms with Gasteiger partial charge in [0.1, 0.15) is 6.61 Å². The van der Waals surface area contributed by atoms with Crippen LogP contribution in [0.1, 0.15) is 30.0 Å². The van der Waals surface area contributed by atoms with Gasteiger partial charge in [-0.15, -0.1) is 0 Å². The summed E-state index contributed by atoms with van der Waals surface area (Å²) in [6.45, 7) is 7.96. The lowest BCUT2D eigenvalue weighted by molar-refractivity contribution is -0.138. The molecule has 176 valence electrons. The fourth-order valence-corrected chi connectivity index (χ4v) is 4.05. The number of ether oxygens (including phenoxy) is 1. The third-order valence-corrected chi connectivity index (χ3v) is 5.99. The summed E-state index contributed by atoms with van der Waals surface area (Å²) >= 11 is 0. The molecule has 4 aromatic rings. The third-order valence-electron chi connectivity index (χ3n) is 5.99. The van der Waals surface area contributed by atoms with Crippen LogP contribution in [-0.2, 0) is 22.6 Å². The summed E-state index contributed by atoms with van der Waals surface area (Å²) in [4.78, 5) is 13.6. The molecule has 35 heavy (non-hydrogen) atoms. The van der Waals surface area contributed by atoms with E-state index < -0.39 is 5.97 Å². The first-order valence-corrected chi connectivity index (χ1v) is 12.0. The lowest BCUT2D eigenvalue weighted by Gasteiger charge is -2.26. The van der Waals surface area contributed by atoms with Crippen LogP contribution in [0.5, 0.6) is 0 Å². The summed E-state index contributed by atoms with van der Waals surface area (Å²) in [5, 5.41) is 0. The Bertz CT molecular complexity index is 1260. The van der Waals surface area contributed by atoms with Gasteiger partial charge in [-0.2, -0.15) is 0 Å². The van der Waals surface area contributed by atoms with Crippen LogP contribution in [0.25, 0.3) is 11.1 Å². The number of hydrogen-bond donors (Lipinski definition) is 0. The highest BCUT2D eigenvalue weighted by atomic mass is 16.5. The van der Waals surface area contributed by atoms with E-state index in [1.807, 2.05) is 12.1 Å². The highest BCUT2D eigenvalue weighted by Gasteiger charge is 2.13. The van der Waals surface area contributed by atoms with Crippen LogP contribution in [0.4, 0.5) is 17.1 Å². The topological polar surface area (TPSA) is 29.5 Å². The van der Waals surface area contributed by atoms with Crippen molar-refractivity contribution in [2.24, 2.45) is 0 Å². The zero-order valence-electron chi connectivity index (χ0n) is 20.4. The first-order valence-electron chi connectivity index (χ1n) is 12.0. The Kier molecular flexibility index (Phi) is 7.79. The highest BCUT2D eigenvalue weighted by molar-refractivity contribution is 5.81. The second-order valence-corrected chi connectivity index (χ2v) is 8.64. The quantitative estimate of drug-likeness (QED) is 0.185. The fraction of sp³-hybridized carbons (Fsp3) is 0.156. The molecular formula is C32H31NO2. The van der Waals surface area contributed by atoms with Gasteiger partial charge >= 0.3 is 5.97 Å². The van der Waals surface area contributed by atoms with E-state index in [2.05, 4.69) is 110 Å².